The van der Waals surface area contributed by atoms with Crippen LogP contribution in [0.25, 0.3) is 0 Å². The number of hydrogen-bond acceptors (Lipinski definition) is 3. The number of amides is 1. The molecular weight excluding hydrogens is 264 g/mol. The predicted octanol–water partition coefficient (Wildman–Crippen LogP) is 2.61. The van der Waals surface area contributed by atoms with Crippen molar-refractivity contribution < 1.29 is 9.53 Å². The topological polar surface area (TPSA) is 64.3 Å². The van der Waals surface area contributed by atoms with Crippen LogP contribution in [0, 0.1) is 5.92 Å². The second-order valence-electron chi connectivity index (χ2n) is 5.78. The van der Waals surface area contributed by atoms with Gasteiger partial charge in [0.25, 0.3) is 5.91 Å². The van der Waals surface area contributed by atoms with Crippen LogP contribution in [-0.2, 0) is 11.3 Å². The summed E-state index contributed by atoms with van der Waals surface area (Å²) < 4.78 is 5.46. The number of nitrogens with one attached hydrogen (secondary N) is 1. The Morgan fingerprint density at radius 1 is 1.19 bits per heavy atom. The van der Waals surface area contributed by atoms with Crippen molar-refractivity contribution in [2.24, 2.45) is 11.7 Å². The molecule has 1 fully saturated rings. The highest BCUT2D eigenvalue weighted by Crippen LogP contribution is 2.25. The second kappa shape index (κ2) is 8.67. The van der Waals surface area contributed by atoms with Crippen LogP contribution in [0.4, 0.5) is 0 Å². The third-order valence-electron chi connectivity index (χ3n) is 4.13. The zero-order valence-electron chi connectivity index (χ0n) is 12.6. The van der Waals surface area contributed by atoms with Gasteiger partial charge in [-0.3, -0.25) is 4.79 Å². The Hall–Kier alpha value is -1.55. The van der Waals surface area contributed by atoms with Crippen molar-refractivity contribution >= 4 is 5.91 Å². The Bertz CT molecular complexity index is 425. The highest BCUT2D eigenvalue weighted by molar-refractivity contribution is 5.77. The molecule has 0 atom stereocenters. The van der Waals surface area contributed by atoms with Gasteiger partial charge in [0.1, 0.15) is 5.75 Å². The van der Waals surface area contributed by atoms with E-state index in [2.05, 4.69) is 5.32 Å². The van der Waals surface area contributed by atoms with Gasteiger partial charge in [-0.05, 0) is 30.0 Å². The number of nitrogens with two attached hydrogens (primary N) is 1. The van der Waals surface area contributed by atoms with Crippen LogP contribution in [0.1, 0.15) is 44.1 Å². The quantitative estimate of drug-likeness (QED) is 0.811. The lowest BCUT2D eigenvalue weighted by atomic mass is 9.87. The molecule has 1 aromatic carbocycles. The first-order valence-corrected chi connectivity index (χ1v) is 7.96. The van der Waals surface area contributed by atoms with E-state index in [1.807, 2.05) is 24.3 Å². The highest BCUT2D eigenvalue weighted by Gasteiger charge is 2.13. The van der Waals surface area contributed by atoms with E-state index in [1.165, 1.54) is 32.1 Å². The molecule has 1 aromatic rings. The minimum Gasteiger partial charge on any atom is -0.484 e. The van der Waals surface area contributed by atoms with Gasteiger partial charge in [-0.2, -0.15) is 0 Å². The molecule has 2 rings (SSSR count). The van der Waals surface area contributed by atoms with Crippen LogP contribution in [0.15, 0.2) is 24.3 Å². The maximum Gasteiger partial charge on any atom is 0.257 e. The van der Waals surface area contributed by atoms with Gasteiger partial charge in [0.2, 0.25) is 0 Å². The lowest BCUT2D eigenvalue weighted by Crippen LogP contribution is -2.30. The molecule has 4 nitrogen and oxygen atoms in total. The molecular formula is C17H26N2O2. The first kappa shape index (κ1) is 15.8. The van der Waals surface area contributed by atoms with Crippen molar-refractivity contribution in [1.82, 2.24) is 5.32 Å². The third kappa shape index (κ3) is 5.76. The summed E-state index contributed by atoms with van der Waals surface area (Å²) in [5.41, 5.74) is 6.59. The molecule has 0 aliphatic heterocycles. The number of hydrogen-bond donors (Lipinski definition) is 2. The third-order valence-corrected chi connectivity index (χ3v) is 4.13. The average molecular weight is 290 g/mol. The first-order chi connectivity index (χ1) is 10.3. The monoisotopic (exact) mass is 290 g/mol. The van der Waals surface area contributed by atoms with Gasteiger partial charge >= 0.3 is 0 Å². The van der Waals surface area contributed by atoms with E-state index in [0.717, 1.165) is 24.4 Å². The Labute approximate surface area is 127 Å². The SMILES string of the molecule is NCc1ccc(OCC(=O)NCCC2CCCCC2)cc1. The molecule has 1 aliphatic rings. The summed E-state index contributed by atoms with van der Waals surface area (Å²) in [7, 11) is 0. The maximum atomic E-state index is 11.7. The summed E-state index contributed by atoms with van der Waals surface area (Å²) in [6.45, 7) is 1.35. The van der Waals surface area contributed by atoms with E-state index in [1.54, 1.807) is 0 Å². The Balaban J connectivity index is 1.60. The fourth-order valence-electron chi connectivity index (χ4n) is 2.81. The minimum atomic E-state index is -0.0475. The molecule has 21 heavy (non-hydrogen) atoms. The Morgan fingerprint density at radius 2 is 1.90 bits per heavy atom. The summed E-state index contributed by atoms with van der Waals surface area (Å²) in [5, 5.41) is 2.94. The maximum absolute atomic E-state index is 11.7. The highest BCUT2D eigenvalue weighted by atomic mass is 16.5. The Morgan fingerprint density at radius 3 is 2.57 bits per heavy atom. The van der Waals surface area contributed by atoms with Gasteiger partial charge < -0.3 is 15.8 Å². The van der Waals surface area contributed by atoms with Gasteiger partial charge in [-0.25, -0.2) is 0 Å². The molecule has 116 valence electrons. The smallest absolute Gasteiger partial charge is 0.257 e. The zero-order valence-corrected chi connectivity index (χ0v) is 12.6. The van der Waals surface area contributed by atoms with Crippen molar-refractivity contribution in [2.75, 3.05) is 13.2 Å². The van der Waals surface area contributed by atoms with Crippen LogP contribution < -0.4 is 15.8 Å². The lowest BCUT2D eigenvalue weighted by molar-refractivity contribution is -0.123. The second-order valence-corrected chi connectivity index (χ2v) is 5.78. The van der Waals surface area contributed by atoms with Crippen molar-refractivity contribution in [3.8, 4) is 5.75 Å². The molecule has 0 saturated heterocycles. The summed E-state index contributed by atoms with van der Waals surface area (Å²) in [6, 6.07) is 7.52. The molecule has 1 aliphatic carbocycles. The summed E-state index contributed by atoms with van der Waals surface area (Å²) in [5.74, 6) is 1.45. The summed E-state index contributed by atoms with van der Waals surface area (Å²) in [6.07, 6.45) is 7.80. The van der Waals surface area contributed by atoms with Crippen LogP contribution >= 0.6 is 0 Å². The number of benzene rings is 1. The fourth-order valence-corrected chi connectivity index (χ4v) is 2.81. The van der Waals surface area contributed by atoms with E-state index < -0.39 is 0 Å². The number of rotatable bonds is 7. The first-order valence-electron chi connectivity index (χ1n) is 7.96. The molecule has 3 N–H and O–H groups in total. The van der Waals surface area contributed by atoms with Crippen LogP contribution in [0.2, 0.25) is 0 Å². The van der Waals surface area contributed by atoms with E-state index in [9.17, 15) is 4.79 Å². The molecule has 4 heteroatoms. The van der Waals surface area contributed by atoms with Crippen LogP contribution in [0.5, 0.6) is 5.75 Å². The van der Waals surface area contributed by atoms with Gasteiger partial charge in [0.05, 0.1) is 0 Å². The number of carbonyl (C=O) groups is 1. The average Bonchev–Trinajstić information content (AvgIpc) is 2.54. The molecule has 0 heterocycles. The lowest BCUT2D eigenvalue weighted by Gasteiger charge is -2.21. The zero-order chi connectivity index (χ0) is 14.9. The molecule has 0 spiro atoms. The van der Waals surface area contributed by atoms with E-state index >= 15 is 0 Å². The van der Waals surface area contributed by atoms with Gasteiger partial charge in [-0.15, -0.1) is 0 Å². The molecule has 0 unspecified atom stereocenters. The van der Waals surface area contributed by atoms with Gasteiger partial charge in [0, 0.05) is 13.1 Å². The largest absolute Gasteiger partial charge is 0.484 e. The normalized spacial score (nSPS) is 15.7. The summed E-state index contributed by atoms with van der Waals surface area (Å²) >= 11 is 0. The van der Waals surface area contributed by atoms with Crippen LogP contribution in [0.3, 0.4) is 0 Å². The van der Waals surface area contributed by atoms with E-state index in [-0.39, 0.29) is 12.5 Å². The predicted molar refractivity (Wildman–Crippen MR) is 84.0 cm³/mol. The van der Waals surface area contributed by atoms with E-state index in [4.69, 9.17) is 10.5 Å². The van der Waals surface area contributed by atoms with Gasteiger partial charge in [0.15, 0.2) is 6.61 Å². The fraction of sp³-hybridized carbons (Fsp3) is 0.588. The standard InChI is InChI=1S/C17H26N2O2/c18-12-15-6-8-16(9-7-15)21-13-17(20)19-11-10-14-4-2-1-3-5-14/h6-9,14H,1-5,10-13,18H2,(H,19,20). The number of ether oxygens (including phenoxy) is 1. The Kier molecular flexibility index (Phi) is 6.54. The number of carbonyl (C=O) groups excluding carboxylic acids is 1. The van der Waals surface area contributed by atoms with Crippen molar-refractivity contribution in [1.29, 1.82) is 0 Å². The summed E-state index contributed by atoms with van der Waals surface area (Å²) in [4.78, 5) is 11.7. The molecule has 1 amide bonds. The van der Waals surface area contributed by atoms with Crippen molar-refractivity contribution in [2.45, 2.75) is 45.1 Å². The van der Waals surface area contributed by atoms with Gasteiger partial charge in [-0.1, -0.05) is 44.2 Å². The minimum absolute atomic E-state index is 0.0475. The molecule has 0 bridgehead atoms. The van der Waals surface area contributed by atoms with Crippen molar-refractivity contribution in [3.05, 3.63) is 29.8 Å². The van der Waals surface area contributed by atoms with Crippen molar-refractivity contribution in [3.63, 3.8) is 0 Å². The molecule has 0 radical (unpaired) electrons. The van der Waals surface area contributed by atoms with Crippen LogP contribution in [-0.4, -0.2) is 19.1 Å². The van der Waals surface area contributed by atoms with E-state index in [0.29, 0.717) is 12.3 Å². The molecule has 0 aromatic heterocycles. The molecule has 1 saturated carbocycles.